The molecule has 1 rings (SSSR count). The summed E-state index contributed by atoms with van der Waals surface area (Å²) in [5, 5.41) is 9.23. The number of aliphatic hydroxyl groups excluding tert-OH is 1. The molecule has 0 spiro atoms. The van der Waals surface area contributed by atoms with Crippen molar-refractivity contribution >= 4 is 9.84 Å². The summed E-state index contributed by atoms with van der Waals surface area (Å²) in [5.41, 5.74) is 6.41. The van der Waals surface area contributed by atoms with Gasteiger partial charge in [0.15, 0.2) is 9.84 Å². The Hall–Kier alpha value is -0.910. The average Bonchev–Trinajstić information content (AvgIpc) is 2.27. The van der Waals surface area contributed by atoms with Gasteiger partial charge in [0.05, 0.1) is 4.90 Å². The highest BCUT2D eigenvalue weighted by Crippen LogP contribution is 2.30. The van der Waals surface area contributed by atoms with E-state index < -0.39 is 15.3 Å². The summed E-state index contributed by atoms with van der Waals surface area (Å²) in [6.45, 7) is 3.70. The van der Waals surface area contributed by atoms with E-state index >= 15 is 0 Å². The van der Waals surface area contributed by atoms with E-state index in [4.69, 9.17) is 5.73 Å². The van der Waals surface area contributed by atoms with Crippen molar-refractivity contribution in [2.24, 2.45) is 11.1 Å². The molecule has 0 aliphatic heterocycles. The molecule has 96 valence electrons. The fraction of sp³-hybridized carbons (Fsp3) is 0.500. The van der Waals surface area contributed by atoms with Crippen LogP contribution in [0, 0.1) is 5.41 Å². The van der Waals surface area contributed by atoms with Crippen molar-refractivity contribution in [1.29, 1.82) is 0 Å². The van der Waals surface area contributed by atoms with Crippen molar-refractivity contribution in [3.63, 3.8) is 0 Å². The second-order valence-corrected chi connectivity index (χ2v) is 6.98. The summed E-state index contributed by atoms with van der Waals surface area (Å²) < 4.78 is 22.6. The molecule has 5 heteroatoms. The van der Waals surface area contributed by atoms with Crippen molar-refractivity contribution in [2.75, 3.05) is 12.9 Å². The van der Waals surface area contributed by atoms with Crippen LogP contribution in [0.1, 0.15) is 25.5 Å². The first-order valence-electron chi connectivity index (χ1n) is 5.35. The van der Waals surface area contributed by atoms with Crippen LogP contribution in [0.2, 0.25) is 0 Å². The van der Waals surface area contributed by atoms with Crippen LogP contribution in [-0.4, -0.2) is 26.4 Å². The van der Waals surface area contributed by atoms with Crippen LogP contribution in [0.5, 0.6) is 0 Å². The minimum atomic E-state index is -3.18. The van der Waals surface area contributed by atoms with Gasteiger partial charge in [-0.25, -0.2) is 8.42 Å². The minimum absolute atomic E-state index is 0.0258. The van der Waals surface area contributed by atoms with Gasteiger partial charge in [-0.2, -0.15) is 0 Å². The topological polar surface area (TPSA) is 80.4 Å². The highest BCUT2D eigenvalue weighted by atomic mass is 32.2. The van der Waals surface area contributed by atoms with Gasteiger partial charge < -0.3 is 10.8 Å². The predicted molar refractivity (Wildman–Crippen MR) is 67.3 cm³/mol. The van der Waals surface area contributed by atoms with E-state index in [2.05, 4.69) is 0 Å². The molecule has 0 unspecified atom stereocenters. The maximum Gasteiger partial charge on any atom is 0.175 e. The molecule has 0 aromatic heterocycles. The molecule has 0 heterocycles. The van der Waals surface area contributed by atoms with E-state index in [0.717, 1.165) is 5.56 Å². The van der Waals surface area contributed by atoms with E-state index in [0.29, 0.717) is 0 Å². The number of rotatable bonds is 4. The van der Waals surface area contributed by atoms with Gasteiger partial charge in [0.2, 0.25) is 0 Å². The van der Waals surface area contributed by atoms with E-state index in [9.17, 15) is 13.5 Å². The smallest absolute Gasteiger partial charge is 0.175 e. The fourth-order valence-electron chi connectivity index (χ4n) is 1.47. The third kappa shape index (κ3) is 3.28. The van der Waals surface area contributed by atoms with Crippen molar-refractivity contribution < 1.29 is 13.5 Å². The molecule has 0 amide bonds. The SMILES string of the molecule is CC(C)(CO)[C@@H](N)c1ccc(S(C)(=O)=O)cc1. The highest BCUT2D eigenvalue weighted by Gasteiger charge is 2.27. The predicted octanol–water partition coefficient (Wildman–Crippen LogP) is 1.11. The Morgan fingerprint density at radius 3 is 2.12 bits per heavy atom. The van der Waals surface area contributed by atoms with Gasteiger partial charge in [0.25, 0.3) is 0 Å². The third-order valence-corrected chi connectivity index (χ3v) is 4.05. The Labute approximate surface area is 102 Å². The monoisotopic (exact) mass is 257 g/mol. The fourth-order valence-corrected chi connectivity index (χ4v) is 2.10. The molecule has 3 N–H and O–H groups in total. The van der Waals surface area contributed by atoms with Gasteiger partial charge in [0, 0.05) is 24.3 Å². The first-order chi connectivity index (χ1) is 7.68. The molecule has 1 aromatic carbocycles. The molecule has 4 nitrogen and oxygen atoms in total. The van der Waals surface area contributed by atoms with Crippen molar-refractivity contribution in [1.82, 2.24) is 0 Å². The number of hydrogen-bond donors (Lipinski definition) is 2. The van der Waals surface area contributed by atoms with Crippen LogP contribution in [0.15, 0.2) is 29.2 Å². The van der Waals surface area contributed by atoms with Crippen molar-refractivity contribution in [2.45, 2.75) is 24.8 Å². The van der Waals surface area contributed by atoms with Crippen LogP contribution < -0.4 is 5.73 Å². The van der Waals surface area contributed by atoms with Gasteiger partial charge in [-0.05, 0) is 17.7 Å². The molecular formula is C12H19NO3S. The summed E-state index contributed by atoms with van der Waals surface area (Å²) in [7, 11) is -3.18. The second kappa shape index (κ2) is 4.76. The Morgan fingerprint density at radius 2 is 1.76 bits per heavy atom. The van der Waals surface area contributed by atoms with Gasteiger partial charge >= 0.3 is 0 Å². The molecule has 0 bridgehead atoms. The third-order valence-electron chi connectivity index (χ3n) is 2.92. The average molecular weight is 257 g/mol. The Morgan fingerprint density at radius 1 is 1.29 bits per heavy atom. The molecule has 0 aliphatic rings. The molecule has 0 saturated carbocycles. The maximum absolute atomic E-state index is 11.3. The number of hydrogen-bond acceptors (Lipinski definition) is 4. The van der Waals surface area contributed by atoms with Crippen molar-refractivity contribution in [3.05, 3.63) is 29.8 Å². The lowest BCUT2D eigenvalue weighted by molar-refractivity contribution is 0.132. The number of benzene rings is 1. The van der Waals surface area contributed by atoms with Gasteiger partial charge in [-0.15, -0.1) is 0 Å². The maximum atomic E-state index is 11.3. The lowest BCUT2D eigenvalue weighted by atomic mass is 9.82. The van der Waals surface area contributed by atoms with Crippen LogP contribution in [0.4, 0.5) is 0 Å². The normalized spacial score (nSPS) is 14.6. The lowest BCUT2D eigenvalue weighted by Gasteiger charge is -2.29. The van der Waals surface area contributed by atoms with Gasteiger partial charge in [-0.1, -0.05) is 26.0 Å². The van der Waals surface area contributed by atoms with E-state index in [1.165, 1.54) is 18.4 Å². The zero-order valence-corrected chi connectivity index (χ0v) is 11.2. The molecule has 0 fully saturated rings. The summed E-state index contributed by atoms with van der Waals surface area (Å²) in [6, 6.07) is 6.13. The zero-order valence-electron chi connectivity index (χ0n) is 10.3. The summed E-state index contributed by atoms with van der Waals surface area (Å²) in [4.78, 5) is 0.273. The largest absolute Gasteiger partial charge is 0.396 e. The van der Waals surface area contributed by atoms with Gasteiger partial charge in [0.1, 0.15) is 0 Å². The zero-order chi connectivity index (χ0) is 13.3. The van der Waals surface area contributed by atoms with Crippen LogP contribution in [0.3, 0.4) is 0 Å². The molecule has 1 aromatic rings. The molecule has 1 atom stereocenters. The van der Waals surface area contributed by atoms with Gasteiger partial charge in [-0.3, -0.25) is 0 Å². The van der Waals surface area contributed by atoms with Crippen LogP contribution in [-0.2, 0) is 9.84 Å². The van der Waals surface area contributed by atoms with E-state index in [-0.39, 0.29) is 17.5 Å². The van der Waals surface area contributed by atoms with Crippen LogP contribution in [0.25, 0.3) is 0 Å². The number of sulfone groups is 1. The number of nitrogens with two attached hydrogens (primary N) is 1. The highest BCUT2D eigenvalue weighted by molar-refractivity contribution is 7.90. The second-order valence-electron chi connectivity index (χ2n) is 4.97. The first kappa shape index (κ1) is 14.2. The standard InChI is InChI=1S/C12H19NO3S/c1-12(2,8-14)11(13)9-4-6-10(7-5-9)17(3,15)16/h4-7,11,14H,8,13H2,1-3H3/t11-/m0/s1. The molecule has 17 heavy (non-hydrogen) atoms. The molecule has 0 saturated heterocycles. The van der Waals surface area contributed by atoms with Crippen LogP contribution >= 0.6 is 0 Å². The first-order valence-corrected chi connectivity index (χ1v) is 7.24. The summed E-state index contributed by atoms with van der Waals surface area (Å²) in [5.74, 6) is 0. The quantitative estimate of drug-likeness (QED) is 0.846. The number of aliphatic hydroxyl groups is 1. The Kier molecular flexibility index (Phi) is 3.96. The molecule has 0 radical (unpaired) electrons. The van der Waals surface area contributed by atoms with Crippen molar-refractivity contribution in [3.8, 4) is 0 Å². The minimum Gasteiger partial charge on any atom is -0.396 e. The molecule has 0 aliphatic carbocycles. The Balaban J connectivity index is 3.04. The lowest BCUT2D eigenvalue weighted by Crippen LogP contribution is -2.32. The van der Waals surface area contributed by atoms with E-state index in [1.807, 2.05) is 13.8 Å². The van der Waals surface area contributed by atoms with E-state index in [1.54, 1.807) is 12.1 Å². The summed E-state index contributed by atoms with van der Waals surface area (Å²) in [6.07, 6.45) is 1.17. The molecular weight excluding hydrogens is 238 g/mol. The Bertz CT molecular complexity index is 477. The summed E-state index contributed by atoms with van der Waals surface area (Å²) >= 11 is 0.